The zero-order valence-corrected chi connectivity index (χ0v) is 12.7. The molecule has 1 heterocycles. The molecule has 0 radical (unpaired) electrons. The smallest absolute Gasteiger partial charge is 0.251 e. The molecule has 0 aromatic heterocycles. The quantitative estimate of drug-likeness (QED) is 0.885. The summed E-state index contributed by atoms with van der Waals surface area (Å²) in [5, 5.41) is 3.49. The van der Waals surface area contributed by atoms with Gasteiger partial charge in [-0.3, -0.25) is 4.79 Å². The van der Waals surface area contributed by atoms with Gasteiger partial charge in [-0.05, 0) is 48.4 Å². The standard InChI is InChI=1S/C16H13ClFNOS/c17-11-3-1-2-10(8-11)16(20)19-14-6-7-21-15-5-4-12(18)9-13(14)15/h1-5,8-9,14H,6-7H2,(H,19,20)/t14-/m0/s1. The van der Waals surface area contributed by atoms with Gasteiger partial charge in [0.15, 0.2) is 0 Å². The van der Waals surface area contributed by atoms with Crippen molar-refractivity contribution in [3.63, 3.8) is 0 Å². The average molecular weight is 322 g/mol. The lowest BCUT2D eigenvalue weighted by Crippen LogP contribution is -2.30. The molecule has 0 fully saturated rings. The van der Waals surface area contributed by atoms with Gasteiger partial charge in [0.1, 0.15) is 5.82 Å². The van der Waals surface area contributed by atoms with Gasteiger partial charge >= 0.3 is 0 Å². The molecule has 1 amide bonds. The number of amides is 1. The zero-order chi connectivity index (χ0) is 14.8. The fraction of sp³-hybridized carbons (Fsp3) is 0.188. The molecule has 1 aliphatic heterocycles. The fourth-order valence-corrected chi connectivity index (χ4v) is 3.68. The van der Waals surface area contributed by atoms with Gasteiger partial charge in [-0.2, -0.15) is 0 Å². The molecule has 1 atom stereocenters. The number of hydrogen-bond donors (Lipinski definition) is 1. The van der Waals surface area contributed by atoms with Gasteiger partial charge in [-0.15, -0.1) is 11.8 Å². The molecule has 2 aromatic rings. The highest BCUT2D eigenvalue weighted by molar-refractivity contribution is 7.99. The molecule has 1 aliphatic rings. The average Bonchev–Trinajstić information content (AvgIpc) is 2.48. The Morgan fingerprint density at radius 2 is 2.14 bits per heavy atom. The van der Waals surface area contributed by atoms with Crippen LogP contribution in [-0.2, 0) is 0 Å². The number of hydrogen-bond acceptors (Lipinski definition) is 2. The molecule has 2 nitrogen and oxygen atoms in total. The van der Waals surface area contributed by atoms with Crippen molar-refractivity contribution in [2.75, 3.05) is 5.75 Å². The Balaban J connectivity index is 1.83. The summed E-state index contributed by atoms with van der Waals surface area (Å²) in [5.41, 5.74) is 1.36. The number of carbonyl (C=O) groups is 1. The van der Waals surface area contributed by atoms with Crippen molar-refractivity contribution >= 4 is 29.3 Å². The molecule has 108 valence electrons. The summed E-state index contributed by atoms with van der Waals surface area (Å²) >= 11 is 7.59. The maximum Gasteiger partial charge on any atom is 0.251 e. The Morgan fingerprint density at radius 3 is 2.95 bits per heavy atom. The van der Waals surface area contributed by atoms with Crippen LogP contribution in [0, 0.1) is 5.82 Å². The van der Waals surface area contributed by atoms with Crippen molar-refractivity contribution in [1.29, 1.82) is 0 Å². The predicted molar refractivity (Wildman–Crippen MR) is 83.4 cm³/mol. The van der Waals surface area contributed by atoms with Crippen LogP contribution in [-0.4, -0.2) is 11.7 Å². The first-order chi connectivity index (χ1) is 10.1. The predicted octanol–water partition coefficient (Wildman–Crippen LogP) is 4.45. The molecule has 5 heteroatoms. The number of fused-ring (bicyclic) bond motifs is 1. The first-order valence-electron chi connectivity index (χ1n) is 6.62. The van der Waals surface area contributed by atoms with Crippen LogP contribution in [0.4, 0.5) is 4.39 Å². The summed E-state index contributed by atoms with van der Waals surface area (Å²) in [7, 11) is 0. The molecule has 1 N–H and O–H groups in total. The van der Waals surface area contributed by atoms with Crippen molar-refractivity contribution < 1.29 is 9.18 Å². The lowest BCUT2D eigenvalue weighted by molar-refractivity contribution is 0.0935. The lowest BCUT2D eigenvalue weighted by Gasteiger charge is -2.26. The van der Waals surface area contributed by atoms with Crippen LogP contribution in [0.15, 0.2) is 47.4 Å². The summed E-state index contributed by atoms with van der Waals surface area (Å²) in [4.78, 5) is 13.3. The van der Waals surface area contributed by atoms with Gasteiger partial charge in [0.2, 0.25) is 0 Å². The first kappa shape index (κ1) is 14.4. The van der Waals surface area contributed by atoms with E-state index in [0.717, 1.165) is 22.6 Å². The van der Waals surface area contributed by atoms with Gasteiger partial charge in [-0.25, -0.2) is 4.39 Å². The second-order valence-electron chi connectivity index (χ2n) is 4.86. The topological polar surface area (TPSA) is 29.1 Å². The summed E-state index contributed by atoms with van der Waals surface area (Å²) in [5.74, 6) is 0.432. The van der Waals surface area contributed by atoms with Crippen LogP contribution in [0.1, 0.15) is 28.4 Å². The van der Waals surface area contributed by atoms with E-state index in [-0.39, 0.29) is 17.8 Å². The normalized spacial score (nSPS) is 17.1. The van der Waals surface area contributed by atoms with Crippen LogP contribution in [0.2, 0.25) is 5.02 Å². The van der Waals surface area contributed by atoms with E-state index >= 15 is 0 Å². The Morgan fingerprint density at radius 1 is 1.29 bits per heavy atom. The largest absolute Gasteiger partial charge is 0.345 e. The minimum absolute atomic E-state index is 0.163. The van der Waals surface area contributed by atoms with E-state index in [0.29, 0.717) is 10.6 Å². The van der Waals surface area contributed by atoms with E-state index in [1.165, 1.54) is 12.1 Å². The molecule has 0 spiro atoms. The molecule has 2 aromatic carbocycles. The summed E-state index contributed by atoms with van der Waals surface area (Å²) < 4.78 is 13.4. The van der Waals surface area contributed by atoms with Crippen LogP contribution < -0.4 is 5.32 Å². The molecule has 0 saturated carbocycles. The molecule has 21 heavy (non-hydrogen) atoms. The highest BCUT2D eigenvalue weighted by atomic mass is 35.5. The fourth-order valence-electron chi connectivity index (χ4n) is 2.39. The molecule has 0 aliphatic carbocycles. The Bertz CT molecular complexity index is 692. The minimum Gasteiger partial charge on any atom is -0.345 e. The van der Waals surface area contributed by atoms with Crippen molar-refractivity contribution in [3.8, 4) is 0 Å². The summed E-state index contributed by atoms with van der Waals surface area (Å²) in [6.07, 6.45) is 0.785. The molecular formula is C16H13ClFNOS. The van der Waals surface area contributed by atoms with Gasteiger partial charge in [0.25, 0.3) is 5.91 Å². The number of benzene rings is 2. The second kappa shape index (κ2) is 6.08. The number of rotatable bonds is 2. The number of halogens is 2. The number of carbonyl (C=O) groups excluding carboxylic acids is 1. The minimum atomic E-state index is -0.279. The van der Waals surface area contributed by atoms with Crippen molar-refractivity contribution in [1.82, 2.24) is 5.32 Å². The third-order valence-corrected chi connectivity index (χ3v) is 4.76. The Hall–Kier alpha value is -1.52. The zero-order valence-electron chi connectivity index (χ0n) is 11.1. The molecule has 0 unspecified atom stereocenters. The van der Waals surface area contributed by atoms with Gasteiger partial charge in [0.05, 0.1) is 6.04 Å². The molecule has 0 bridgehead atoms. The second-order valence-corrected chi connectivity index (χ2v) is 6.43. The summed E-state index contributed by atoms with van der Waals surface area (Å²) in [6.45, 7) is 0. The third-order valence-electron chi connectivity index (χ3n) is 3.40. The van der Waals surface area contributed by atoms with E-state index < -0.39 is 0 Å². The van der Waals surface area contributed by atoms with Crippen LogP contribution >= 0.6 is 23.4 Å². The maximum absolute atomic E-state index is 13.4. The monoisotopic (exact) mass is 321 g/mol. The van der Waals surface area contributed by atoms with Gasteiger partial charge in [-0.1, -0.05) is 17.7 Å². The van der Waals surface area contributed by atoms with E-state index in [4.69, 9.17) is 11.6 Å². The van der Waals surface area contributed by atoms with E-state index in [2.05, 4.69) is 5.32 Å². The van der Waals surface area contributed by atoms with E-state index in [1.54, 1.807) is 42.1 Å². The summed E-state index contributed by atoms with van der Waals surface area (Å²) in [6, 6.07) is 11.4. The van der Waals surface area contributed by atoms with Crippen LogP contribution in [0.25, 0.3) is 0 Å². The first-order valence-corrected chi connectivity index (χ1v) is 7.98. The maximum atomic E-state index is 13.4. The number of nitrogens with one attached hydrogen (secondary N) is 1. The van der Waals surface area contributed by atoms with E-state index in [9.17, 15) is 9.18 Å². The van der Waals surface area contributed by atoms with Crippen LogP contribution in [0.3, 0.4) is 0 Å². The third kappa shape index (κ3) is 3.22. The van der Waals surface area contributed by atoms with E-state index in [1.807, 2.05) is 0 Å². The van der Waals surface area contributed by atoms with Crippen molar-refractivity contribution in [2.45, 2.75) is 17.4 Å². The molecule has 3 rings (SSSR count). The van der Waals surface area contributed by atoms with Crippen molar-refractivity contribution in [2.24, 2.45) is 0 Å². The Kier molecular flexibility index (Phi) is 4.17. The SMILES string of the molecule is O=C(N[C@H]1CCSc2ccc(F)cc21)c1cccc(Cl)c1. The van der Waals surface area contributed by atoms with Crippen molar-refractivity contribution in [3.05, 3.63) is 64.4 Å². The molecular weight excluding hydrogens is 309 g/mol. The number of thioether (sulfide) groups is 1. The highest BCUT2D eigenvalue weighted by Crippen LogP contribution is 2.36. The molecule has 0 saturated heterocycles. The van der Waals surface area contributed by atoms with Crippen LogP contribution in [0.5, 0.6) is 0 Å². The lowest BCUT2D eigenvalue weighted by atomic mass is 10.0. The van der Waals surface area contributed by atoms with Gasteiger partial charge in [0, 0.05) is 21.2 Å². The Labute approximate surface area is 131 Å². The van der Waals surface area contributed by atoms with Gasteiger partial charge < -0.3 is 5.32 Å². The highest BCUT2D eigenvalue weighted by Gasteiger charge is 2.23.